The molecule has 0 radical (unpaired) electrons. The molecule has 5 atom stereocenters. The van der Waals surface area contributed by atoms with Gasteiger partial charge in [-0.05, 0) is 62.4 Å². The second-order valence-corrected chi connectivity index (χ2v) is 15.3. The normalized spacial score (nSPS) is 25.7. The number of terminal acetylenes is 1. The standard InChI is InChI=1S/C39H36ClF4N7O/c1-5-21-24(41)8-6-19-13-25(46)22(14-45)30(29(19)21)31-33(40)28-18(2)12-27-26-9-7-20(47-26)15-51(27)37-32(28)35(34(31)42)48-38(49-37)52-17-39(3)16-50(4)11-10-23(39)36(43)44/h1,6,8,13,20,23,26-27,36,47H,2,7,9-12,15-17,46H2,3-4H3/t20-,23-,26+,27-,39+/m1/s1. The number of alkyl halides is 2. The summed E-state index contributed by atoms with van der Waals surface area (Å²) in [4.78, 5) is 13.6. The van der Waals surface area contributed by atoms with Crippen molar-refractivity contribution < 1.29 is 22.3 Å². The van der Waals surface area contributed by atoms with E-state index < -0.39 is 29.4 Å². The number of nitrogens with one attached hydrogen (secondary N) is 1. The average molecular weight is 730 g/mol. The predicted molar refractivity (Wildman–Crippen MR) is 194 cm³/mol. The van der Waals surface area contributed by atoms with Crippen LogP contribution in [0.15, 0.2) is 24.8 Å². The number of rotatable bonds is 5. The number of nitrogens with two attached hydrogens (primary N) is 1. The third-order valence-corrected chi connectivity index (χ3v) is 12.0. The van der Waals surface area contributed by atoms with Gasteiger partial charge in [-0.25, -0.2) is 17.6 Å². The Kier molecular flexibility index (Phi) is 8.29. The molecule has 0 amide bonds. The van der Waals surface area contributed by atoms with Crippen molar-refractivity contribution in [2.24, 2.45) is 11.3 Å². The summed E-state index contributed by atoms with van der Waals surface area (Å²) in [6, 6.07) is 6.14. The van der Waals surface area contributed by atoms with Crippen LogP contribution >= 0.6 is 11.6 Å². The minimum absolute atomic E-state index is 0.0192. The van der Waals surface area contributed by atoms with Gasteiger partial charge in [0.2, 0.25) is 6.43 Å². The number of likely N-dealkylation sites (tertiary alicyclic amines) is 1. The van der Waals surface area contributed by atoms with E-state index in [4.69, 9.17) is 33.5 Å². The molecule has 3 fully saturated rings. The highest BCUT2D eigenvalue weighted by Gasteiger charge is 2.46. The first-order chi connectivity index (χ1) is 24.8. The Bertz CT molecular complexity index is 2290. The van der Waals surface area contributed by atoms with Gasteiger partial charge in [0.1, 0.15) is 23.2 Å². The van der Waals surface area contributed by atoms with E-state index in [-0.39, 0.29) is 74.6 Å². The second kappa shape index (κ2) is 12.5. The van der Waals surface area contributed by atoms with Gasteiger partial charge in [0.15, 0.2) is 5.82 Å². The topological polar surface area (TPSA) is 103 Å². The molecule has 1 aromatic heterocycles. The summed E-state index contributed by atoms with van der Waals surface area (Å²) in [7, 11) is 1.88. The molecular formula is C39H36ClF4N7O. The number of ether oxygens (including phenoxy) is 1. The van der Waals surface area contributed by atoms with Gasteiger partial charge in [0.05, 0.1) is 33.8 Å². The van der Waals surface area contributed by atoms with Crippen molar-refractivity contribution in [1.29, 1.82) is 5.26 Å². The first kappa shape index (κ1) is 34.5. The van der Waals surface area contributed by atoms with Gasteiger partial charge in [-0.15, -0.1) is 6.42 Å². The van der Waals surface area contributed by atoms with Gasteiger partial charge < -0.3 is 25.6 Å². The zero-order chi connectivity index (χ0) is 36.8. The van der Waals surface area contributed by atoms with Crippen LogP contribution < -0.4 is 20.7 Å². The fourth-order valence-electron chi connectivity index (χ4n) is 9.17. The number of hydrogen-bond donors (Lipinski definition) is 2. The molecule has 4 aromatic rings. The predicted octanol–water partition coefficient (Wildman–Crippen LogP) is 7.14. The number of piperidine rings is 1. The number of nitrogens with zero attached hydrogens (tertiary/aromatic N) is 5. The SMILES string of the molecule is C#Cc1c(F)ccc2cc(N)c(C#N)c(-c3c(Cl)c4c5c(nc(OC[C@]6(C)CN(C)CC[C@@H]6C(F)F)nc5c3F)N3C[C@H]5CC[C@H](N5)[C@H]3CC4=C)c12. The Hall–Kier alpha value is -4.62. The number of fused-ring (bicyclic) bond motifs is 6. The number of nitrogen functional groups attached to an aromatic ring is 1. The van der Waals surface area contributed by atoms with E-state index in [9.17, 15) is 14.0 Å². The second-order valence-electron chi connectivity index (χ2n) is 14.9. The molecule has 5 heterocycles. The molecule has 0 aliphatic carbocycles. The van der Waals surface area contributed by atoms with Crippen molar-refractivity contribution in [2.75, 3.05) is 43.9 Å². The molecule has 0 spiro atoms. The molecule has 3 saturated heterocycles. The van der Waals surface area contributed by atoms with Crippen molar-refractivity contribution in [3.63, 3.8) is 0 Å². The lowest BCUT2D eigenvalue weighted by molar-refractivity contribution is -0.0679. The van der Waals surface area contributed by atoms with Crippen LogP contribution in [0.3, 0.4) is 0 Å². The number of halogens is 5. The molecule has 0 unspecified atom stereocenters. The molecule has 3 aromatic carbocycles. The van der Waals surface area contributed by atoms with Gasteiger partial charge in [-0.2, -0.15) is 15.2 Å². The quantitative estimate of drug-likeness (QED) is 0.127. The largest absolute Gasteiger partial charge is 0.463 e. The van der Waals surface area contributed by atoms with E-state index in [1.165, 1.54) is 18.2 Å². The first-order valence-electron chi connectivity index (χ1n) is 17.3. The number of benzene rings is 3. The summed E-state index contributed by atoms with van der Waals surface area (Å²) in [5.41, 5.74) is 5.62. The van der Waals surface area contributed by atoms with E-state index >= 15 is 8.78 Å². The van der Waals surface area contributed by atoms with E-state index in [2.05, 4.69) is 33.8 Å². The highest BCUT2D eigenvalue weighted by atomic mass is 35.5. The summed E-state index contributed by atoms with van der Waals surface area (Å²) in [5, 5.41) is 14.8. The number of piperazine rings is 1. The van der Waals surface area contributed by atoms with E-state index in [1.807, 2.05) is 11.9 Å². The highest BCUT2D eigenvalue weighted by molar-refractivity contribution is 6.38. The fourth-order valence-corrected chi connectivity index (χ4v) is 9.57. The maximum atomic E-state index is 17.7. The zero-order valence-electron chi connectivity index (χ0n) is 28.7. The Morgan fingerprint density at radius 2 is 1.96 bits per heavy atom. The molecule has 268 valence electrons. The Morgan fingerprint density at radius 3 is 2.69 bits per heavy atom. The van der Waals surface area contributed by atoms with Crippen LogP contribution in [0.5, 0.6) is 6.01 Å². The maximum Gasteiger partial charge on any atom is 0.319 e. The fraction of sp³-hybridized carbons (Fsp3) is 0.410. The van der Waals surface area contributed by atoms with Crippen molar-refractivity contribution in [3.8, 4) is 35.6 Å². The summed E-state index contributed by atoms with van der Waals surface area (Å²) in [5.74, 6) is 0.165. The highest BCUT2D eigenvalue weighted by Crippen LogP contribution is 2.52. The Morgan fingerprint density at radius 1 is 1.17 bits per heavy atom. The maximum absolute atomic E-state index is 17.7. The van der Waals surface area contributed by atoms with Gasteiger partial charge in [-0.3, -0.25) is 0 Å². The van der Waals surface area contributed by atoms with Gasteiger partial charge in [0.25, 0.3) is 0 Å². The van der Waals surface area contributed by atoms with Crippen LogP contribution in [0, 0.1) is 46.6 Å². The third-order valence-electron chi connectivity index (χ3n) is 11.6. The molecule has 8 nitrogen and oxygen atoms in total. The van der Waals surface area contributed by atoms with Gasteiger partial charge in [0, 0.05) is 64.6 Å². The monoisotopic (exact) mass is 729 g/mol. The van der Waals surface area contributed by atoms with Gasteiger partial charge >= 0.3 is 6.01 Å². The summed E-state index contributed by atoms with van der Waals surface area (Å²) in [6.07, 6.45) is 5.86. The van der Waals surface area contributed by atoms with Crippen molar-refractivity contribution >= 4 is 50.4 Å². The molecule has 0 saturated carbocycles. The molecule has 3 N–H and O–H groups in total. The number of nitriles is 1. The smallest absolute Gasteiger partial charge is 0.319 e. The van der Waals surface area contributed by atoms with Crippen molar-refractivity contribution in [1.82, 2.24) is 20.2 Å². The van der Waals surface area contributed by atoms with Crippen LogP contribution in [-0.2, 0) is 0 Å². The van der Waals surface area contributed by atoms with Crippen LogP contribution in [0.25, 0.3) is 38.4 Å². The lowest BCUT2D eigenvalue weighted by atomic mass is 9.73. The summed E-state index contributed by atoms with van der Waals surface area (Å²) >= 11 is 7.28. The van der Waals surface area contributed by atoms with E-state index in [0.717, 1.165) is 12.8 Å². The molecule has 13 heteroatoms. The summed E-state index contributed by atoms with van der Waals surface area (Å²) in [6.45, 7) is 7.50. The molecule has 4 aliphatic rings. The van der Waals surface area contributed by atoms with Gasteiger partial charge in [-0.1, -0.05) is 37.1 Å². The van der Waals surface area contributed by atoms with Crippen LogP contribution in [0.1, 0.15) is 49.3 Å². The van der Waals surface area contributed by atoms with Crippen LogP contribution in [0.4, 0.5) is 29.1 Å². The molecule has 8 rings (SSSR count). The lowest BCUT2D eigenvalue weighted by Crippen LogP contribution is -2.58. The van der Waals surface area contributed by atoms with E-state index in [1.54, 1.807) is 6.92 Å². The van der Waals surface area contributed by atoms with Crippen molar-refractivity contribution in [3.05, 3.63) is 58.1 Å². The number of hydrogen-bond acceptors (Lipinski definition) is 8. The third kappa shape index (κ3) is 5.18. The van der Waals surface area contributed by atoms with E-state index in [0.29, 0.717) is 60.2 Å². The molecule has 52 heavy (non-hydrogen) atoms. The zero-order valence-corrected chi connectivity index (χ0v) is 29.4. The van der Waals surface area contributed by atoms with Crippen molar-refractivity contribution in [2.45, 2.75) is 57.2 Å². The molecule has 2 bridgehead atoms. The average Bonchev–Trinajstić information content (AvgIpc) is 3.44. The van der Waals surface area contributed by atoms with Crippen LogP contribution in [-0.4, -0.2) is 72.7 Å². The molecule has 4 aliphatic heterocycles. The number of anilines is 2. The lowest BCUT2D eigenvalue weighted by Gasteiger charge is -2.44. The Balaban J connectivity index is 1.41. The number of aromatic nitrogens is 2. The molecular weight excluding hydrogens is 694 g/mol. The minimum atomic E-state index is -2.56. The van der Waals surface area contributed by atoms with Crippen LogP contribution in [0.2, 0.25) is 5.02 Å². The Labute approximate surface area is 303 Å². The minimum Gasteiger partial charge on any atom is -0.463 e. The first-order valence-corrected chi connectivity index (χ1v) is 17.7. The summed E-state index contributed by atoms with van der Waals surface area (Å²) < 4.78 is 67.8.